The molecule has 0 aliphatic rings. The maximum Gasteiger partial charge on any atom is 0.225 e. The van der Waals surface area contributed by atoms with Gasteiger partial charge in [0, 0.05) is 11.6 Å². The van der Waals surface area contributed by atoms with Crippen LogP contribution >= 0.6 is 0 Å². The van der Waals surface area contributed by atoms with Gasteiger partial charge in [-0.15, -0.1) is 0 Å². The zero-order valence-corrected chi connectivity index (χ0v) is 9.66. The molecule has 0 aliphatic carbocycles. The smallest absolute Gasteiger partial charge is 0.225 e. The van der Waals surface area contributed by atoms with Gasteiger partial charge in [0.05, 0.1) is 12.2 Å². The second-order valence-electron chi connectivity index (χ2n) is 4.53. The molecule has 1 N–H and O–H groups in total. The molecule has 1 heterocycles. The summed E-state index contributed by atoms with van der Waals surface area (Å²) in [5, 5.41) is 2.84. The van der Waals surface area contributed by atoms with Gasteiger partial charge in [0.1, 0.15) is 5.82 Å². The topological polar surface area (TPSA) is 54.9 Å². The minimum absolute atomic E-state index is 0.0266. The Hall–Kier alpha value is -1.45. The second kappa shape index (κ2) is 4.38. The van der Waals surface area contributed by atoms with Crippen molar-refractivity contribution in [2.75, 3.05) is 0 Å². The summed E-state index contributed by atoms with van der Waals surface area (Å²) in [6.45, 7) is 7.93. The van der Waals surface area contributed by atoms with Gasteiger partial charge >= 0.3 is 0 Å². The number of amides is 1. The van der Waals surface area contributed by atoms with E-state index >= 15 is 0 Å². The third-order valence-electron chi connectivity index (χ3n) is 1.94. The molecule has 15 heavy (non-hydrogen) atoms. The summed E-state index contributed by atoms with van der Waals surface area (Å²) < 4.78 is 0. The molecule has 1 rings (SSSR count). The van der Waals surface area contributed by atoms with Crippen molar-refractivity contribution < 1.29 is 4.79 Å². The lowest BCUT2D eigenvalue weighted by atomic mass is 9.96. The van der Waals surface area contributed by atoms with Crippen LogP contribution in [0.2, 0.25) is 0 Å². The largest absolute Gasteiger partial charge is 0.350 e. The lowest BCUT2D eigenvalue weighted by molar-refractivity contribution is -0.128. The highest BCUT2D eigenvalue weighted by atomic mass is 16.2. The zero-order valence-electron chi connectivity index (χ0n) is 9.66. The van der Waals surface area contributed by atoms with Crippen LogP contribution in [0.3, 0.4) is 0 Å². The highest BCUT2D eigenvalue weighted by Crippen LogP contribution is 2.12. The summed E-state index contributed by atoms with van der Waals surface area (Å²) in [5.41, 5.74) is 0.474. The Labute approximate surface area is 90.1 Å². The Balaban J connectivity index is 2.55. The predicted octanol–water partition coefficient (Wildman–Crippen LogP) is 1.45. The van der Waals surface area contributed by atoms with E-state index in [-0.39, 0.29) is 11.3 Å². The summed E-state index contributed by atoms with van der Waals surface area (Å²) in [5.74, 6) is 0.747. The minimum Gasteiger partial charge on any atom is -0.350 e. The summed E-state index contributed by atoms with van der Waals surface area (Å²) in [4.78, 5) is 19.8. The zero-order chi connectivity index (χ0) is 11.5. The molecule has 1 amide bonds. The molecule has 0 atom stereocenters. The summed E-state index contributed by atoms with van der Waals surface area (Å²) in [6.07, 6.45) is 1.70. The molecule has 0 radical (unpaired) electrons. The first-order chi connectivity index (χ1) is 6.89. The van der Waals surface area contributed by atoms with Crippen molar-refractivity contribution >= 4 is 5.91 Å². The van der Waals surface area contributed by atoms with Gasteiger partial charge < -0.3 is 5.32 Å². The van der Waals surface area contributed by atoms with Crippen molar-refractivity contribution in [3.05, 3.63) is 23.8 Å². The highest BCUT2D eigenvalue weighted by Gasteiger charge is 2.20. The van der Waals surface area contributed by atoms with E-state index in [1.165, 1.54) is 0 Å². The number of rotatable bonds is 2. The van der Waals surface area contributed by atoms with E-state index < -0.39 is 0 Å². The van der Waals surface area contributed by atoms with E-state index in [4.69, 9.17) is 0 Å². The molecule has 0 spiro atoms. The number of carbonyl (C=O) groups excluding carboxylic acids is 1. The molecule has 4 nitrogen and oxygen atoms in total. The first-order valence-electron chi connectivity index (χ1n) is 4.96. The summed E-state index contributed by atoms with van der Waals surface area (Å²) in [6, 6.07) is 1.80. The van der Waals surface area contributed by atoms with Crippen LogP contribution < -0.4 is 5.32 Å². The van der Waals surface area contributed by atoms with E-state index in [1.807, 2.05) is 27.7 Å². The monoisotopic (exact) mass is 207 g/mol. The number of nitrogens with one attached hydrogen (secondary N) is 1. The van der Waals surface area contributed by atoms with Gasteiger partial charge in [-0.3, -0.25) is 4.79 Å². The third kappa shape index (κ3) is 3.65. The quantitative estimate of drug-likeness (QED) is 0.798. The van der Waals surface area contributed by atoms with Crippen LogP contribution in [0.15, 0.2) is 12.3 Å². The molecule has 0 fully saturated rings. The Kier molecular flexibility index (Phi) is 3.39. The molecule has 0 bridgehead atoms. The Morgan fingerprint density at radius 2 is 2.13 bits per heavy atom. The minimum atomic E-state index is -0.359. The van der Waals surface area contributed by atoms with Crippen molar-refractivity contribution in [2.24, 2.45) is 5.41 Å². The van der Waals surface area contributed by atoms with E-state index in [0.717, 1.165) is 11.5 Å². The Morgan fingerprint density at radius 1 is 1.47 bits per heavy atom. The molecule has 1 aromatic rings. The van der Waals surface area contributed by atoms with Gasteiger partial charge in [-0.1, -0.05) is 20.8 Å². The van der Waals surface area contributed by atoms with Gasteiger partial charge in [0.15, 0.2) is 0 Å². The van der Waals surface area contributed by atoms with Crippen LogP contribution in [-0.4, -0.2) is 15.9 Å². The number of nitrogens with zero attached hydrogens (tertiary/aromatic N) is 2. The summed E-state index contributed by atoms with van der Waals surface area (Å²) in [7, 11) is 0. The van der Waals surface area contributed by atoms with Gasteiger partial charge in [0.2, 0.25) is 5.91 Å². The molecule has 0 unspecified atom stereocenters. The molecule has 4 heteroatoms. The van der Waals surface area contributed by atoms with Crippen LogP contribution in [0.1, 0.15) is 32.3 Å². The van der Waals surface area contributed by atoms with Crippen molar-refractivity contribution in [2.45, 2.75) is 34.2 Å². The van der Waals surface area contributed by atoms with Gasteiger partial charge in [0.25, 0.3) is 0 Å². The molecular formula is C11H17N3O. The summed E-state index contributed by atoms with van der Waals surface area (Å²) >= 11 is 0. The molecule has 0 aromatic carbocycles. The highest BCUT2D eigenvalue weighted by molar-refractivity contribution is 5.81. The van der Waals surface area contributed by atoms with Crippen LogP contribution in [0, 0.1) is 12.3 Å². The lowest BCUT2D eigenvalue weighted by Crippen LogP contribution is -2.34. The second-order valence-corrected chi connectivity index (χ2v) is 4.53. The van der Waals surface area contributed by atoms with Crippen LogP contribution in [0.5, 0.6) is 0 Å². The van der Waals surface area contributed by atoms with Gasteiger partial charge in [-0.25, -0.2) is 9.97 Å². The third-order valence-corrected chi connectivity index (χ3v) is 1.94. The standard InChI is InChI=1S/C11H17N3O/c1-8-12-6-5-9(14-8)7-13-10(15)11(2,3)4/h5-6H,7H2,1-4H3,(H,13,15). The van der Waals surface area contributed by atoms with Crippen molar-refractivity contribution in [3.8, 4) is 0 Å². The average Bonchev–Trinajstić information content (AvgIpc) is 2.12. The van der Waals surface area contributed by atoms with E-state index in [1.54, 1.807) is 12.3 Å². The normalized spacial score (nSPS) is 11.2. The maximum absolute atomic E-state index is 11.6. The fourth-order valence-electron chi connectivity index (χ4n) is 1.04. The number of hydrogen-bond donors (Lipinski definition) is 1. The van der Waals surface area contributed by atoms with Gasteiger partial charge in [-0.2, -0.15) is 0 Å². The van der Waals surface area contributed by atoms with Crippen LogP contribution in [0.25, 0.3) is 0 Å². The number of carbonyl (C=O) groups is 1. The fraction of sp³-hybridized carbons (Fsp3) is 0.545. The maximum atomic E-state index is 11.6. The van der Waals surface area contributed by atoms with Crippen LogP contribution in [0.4, 0.5) is 0 Å². The molecule has 82 valence electrons. The van der Waals surface area contributed by atoms with E-state index in [2.05, 4.69) is 15.3 Å². The first kappa shape index (κ1) is 11.6. The van der Waals surface area contributed by atoms with E-state index in [9.17, 15) is 4.79 Å². The molecule has 0 saturated carbocycles. The van der Waals surface area contributed by atoms with Crippen molar-refractivity contribution in [1.82, 2.24) is 15.3 Å². The number of aryl methyl sites for hydroxylation is 1. The van der Waals surface area contributed by atoms with Gasteiger partial charge in [-0.05, 0) is 13.0 Å². The number of aromatic nitrogens is 2. The van der Waals surface area contributed by atoms with E-state index in [0.29, 0.717) is 6.54 Å². The average molecular weight is 207 g/mol. The Morgan fingerprint density at radius 3 is 2.67 bits per heavy atom. The Bertz CT molecular complexity index is 355. The SMILES string of the molecule is Cc1nccc(CNC(=O)C(C)(C)C)n1. The lowest BCUT2D eigenvalue weighted by Gasteiger charge is -2.17. The molecule has 0 saturated heterocycles. The van der Waals surface area contributed by atoms with Crippen LogP contribution in [-0.2, 0) is 11.3 Å². The fourth-order valence-corrected chi connectivity index (χ4v) is 1.04. The molecule has 1 aromatic heterocycles. The molecule has 0 aliphatic heterocycles. The van der Waals surface area contributed by atoms with Crippen molar-refractivity contribution in [3.63, 3.8) is 0 Å². The molecular weight excluding hydrogens is 190 g/mol. The first-order valence-corrected chi connectivity index (χ1v) is 4.96. The number of hydrogen-bond acceptors (Lipinski definition) is 3. The predicted molar refractivity (Wildman–Crippen MR) is 58.1 cm³/mol. The van der Waals surface area contributed by atoms with Crippen molar-refractivity contribution in [1.29, 1.82) is 0 Å².